The van der Waals surface area contributed by atoms with Crippen LogP contribution in [-0.4, -0.2) is 0 Å². The van der Waals surface area contributed by atoms with Gasteiger partial charge in [-0.15, -0.1) is 0 Å². The molecule has 18 heavy (non-hydrogen) atoms. The molecule has 0 spiro atoms. The highest BCUT2D eigenvalue weighted by molar-refractivity contribution is 9.10. The summed E-state index contributed by atoms with van der Waals surface area (Å²) in [6.45, 7) is 0. The Morgan fingerprint density at radius 2 is 1.72 bits per heavy atom. The summed E-state index contributed by atoms with van der Waals surface area (Å²) in [7, 11) is 0. The van der Waals surface area contributed by atoms with Gasteiger partial charge in [-0.1, -0.05) is 23.2 Å². The maximum Gasteiger partial charge on any atom is 0.124 e. The zero-order valence-corrected chi connectivity index (χ0v) is 12.1. The van der Waals surface area contributed by atoms with E-state index < -0.39 is 0 Å². The molecule has 2 rings (SSSR count). The van der Waals surface area contributed by atoms with Crippen molar-refractivity contribution in [3.8, 4) is 0 Å². The number of rotatable bonds is 2. The van der Waals surface area contributed by atoms with Crippen molar-refractivity contribution in [3.63, 3.8) is 0 Å². The van der Waals surface area contributed by atoms with E-state index in [-0.39, 0.29) is 5.82 Å². The third kappa shape index (κ3) is 2.88. The molecule has 0 saturated carbocycles. The van der Waals surface area contributed by atoms with Crippen LogP contribution in [-0.2, 0) is 0 Å². The fourth-order valence-corrected chi connectivity index (χ4v) is 2.19. The molecule has 0 aliphatic carbocycles. The average Bonchev–Trinajstić information content (AvgIpc) is 2.29. The molecule has 0 unspecified atom stereocenters. The van der Waals surface area contributed by atoms with E-state index in [9.17, 15) is 4.39 Å². The summed E-state index contributed by atoms with van der Waals surface area (Å²) in [5.41, 5.74) is 7.57. The summed E-state index contributed by atoms with van der Waals surface area (Å²) in [4.78, 5) is 0. The third-order valence-electron chi connectivity index (χ3n) is 2.29. The summed E-state index contributed by atoms with van der Waals surface area (Å²) in [5.74, 6) is -0.325. The first-order valence-electron chi connectivity index (χ1n) is 4.94. The molecule has 0 bridgehead atoms. The average molecular weight is 350 g/mol. The fraction of sp³-hybridized carbons (Fsp3) is 0. The zero-order chi connectivity index (χ0) is 13.3. The number of anilines is 3. The van der Waals surface area contributed by atoms with Crippen molar-refractivity contribution in [2.24, 2.45) is 0 Å². The molecule has 0 aromatic heterocycles. The minimum absolute atomic E-state index is 0.325. The van der Waals surface area contributed by atoms with E-state index in [4.69, 9.17) is 28.9 Å². The van der Waals surface area contributed by atoms with Crippen molar-refractivity contribution >= 4 is 56.2 Å². The standard InChI is InChI=1S/C12H8BrCl2FN2/c13-7-3-6(16)1-2-11(7)18-12-5-9(15)8(14)4-10(12)17/h1-5,18H,17H2. The molecule has 94 valence electrons. The van der Waals surface area contributed by atoms with Crippen LogP contribution in [0.5, 0.6) is 0 Å². The smallest absolute Gasteiger partial charge is 0.124 e. The number of halogens is 4. The van der Waals surface area contributed by atoms with Crippen LogP contribution in [0.3, 0.4) is 0 Å². The SMILES string of the molecule is Nc1cc(Cl)c(Cl)cc1Nc1ccc(F)cc1Br. The Morgan fingerprint density at radius 1 is 1.06 bits per heavy atom. The van der Waals surface area contributed by atoms with Gasteiger partial charge in [-0.25, -0.2) is 4.39 Å². The minimum Gasteiger partial charge on any atom is -0.397 e. The maximum atomic E-state index is 13.0. The topological polar surface area (TPSA) is 38.0 Å². The van der Waals surface area contributed by atoms with Crippen molar-refractivity contribution in [2.75, 3.05) is 11.1 Å². The molecule has 0 atom stereocenters. The molecular formula is C12H8BrCl2FN2. The Morgan fingerprint density at radius 3 is 2.39 bits per heavy atom. The van der Waals surface area contributed by atoms with Crippen LogP contribution in [0, 0.1) is 5.82 Å². The van der Waals surface area contributed by atoms with E-state index in [1.54, 1.807) is 18.2 Å². The van der Waals surface area contributed by atoms with Crippen molar-refractivity contribution in [1.82, 2.24) is 0 Å². The lowest BCUT2D eigenvalue weighted by Gasteiger charge is -2.12. The first kappa shape index (κ1) is 13.5. The van der Waals surface area contributed by atoms with E-state index in [1.807, 2.05) is 0 Å². The molecule has 2 aromatic carbocycles. The van der Waals surface area contributed by atoms with E-state index in [1.165, 1.54) is 12.1 Å². The van der Waals surface area contributed by atoms with E-state index in [0.717, 1.165) is 0 Å². The second-order valence-electron chi connectivity index (χ2n) is 3.60. The molecule has 0 aliphatic rings. The first-order chi connectivity index (χ1) is 8.47. The first-order valence-corrected chi connectivity index (χ1v) is 6.49. The van der Waals surface area contributed by atoms with Crippen LogP contribution in [0.4, 0.5) is 21.5 Å². The van der Waals surface area contributed by atoms with Crippen molar-refractivity contribution in [2.45, 2.75) is 0 Å². The van der Waals surface area contributed by atoms with Crippen LogP contribution in [0.15, 0.2) is 34.8 Å². The number of nitrogens with one attached hydrogen (secondary N) is 1. The minimum atomic E-state index is -0.325. The van der Waals surface area contributed by atoms with Crippen LogP contribution in [0.2, 0.25) is 10.0 Å². The van der Waals surface area contributed by atoms with Gasteiger partial charge in [0.15, 0.2) is 0 Å². The van der Waals surface area contributed by atoms with E-state index in [2.05, 4.69) is 21.2 Å². The van der Waals surface area contributed by atoms with E-state index in [0.29, 0.717) is 31.6 Å². The molecule has 3 N–H and O–H groups in total. The summed E-state index contributed by atoms with van der Waals surface area (Å²) >= 11 is 15.0. The summed E-state index contributed by atoms with van der Waals surface area (Å²) in [5, 5.41) is 3.84. The van der Waals surface area contributed by atoms with Gasteiger partial charge in [0.1, 0.15) is 5.82 Å². The predicted molar refractivity (Wildman–Crippen MR) is 78.3 cm³/mol. The van der Waals surface area contributed by atoms with E-state index >= 15 is 0 Å². The highest BCUT2D eigenvalue weighted by Gasteiger charge is 2.07. The molecule has 2 aromatic rings. The number of benzene rings is 2. The lowest BCUT2D eigenvalue weighted by atomic mass is 10.2. The summed E-state index contributed by atoms with van der Waals surface area (Å²) in [6.07, 6.45) is 0. The fourth-order valence-electron chi connectivity index (χ4n) is 1.41. The number of nitrogen functional groups attached to an aromatic ring is 1. The van der Waals surface area contributed by atoms with Crippen molar-refractivity contribution in [1.29, 1.82) is 0 Å². The van der Waals surface area contributed by atoms with Crippen LogP contribution in [0.1, 0.15) is 0 Å². The van der Waals surface area contributed by atoms with Gasteiger partial charge in [0.25, 0.3) is 0 Å². The van der Waals surface area contributed by atoms with Gasteiger partial charge < -0.3 is 11.1 Å². The van der Waals surface area contributed by atoms with Gasteiger partial charge in [0.05, 0.1) is 27.1 Å². The van der Waals surface area contributed by atoms with Crippen molar-refractivity contribution < 1.29 is 4.39 Å². The Kier molecular flexibility index (Phi) is 4.00. The largest absolute Gasteiger partial charge is 0.397 e. The van der Waals surface area contributed by atoms with Crippen LogP contribution >= 0.6 is 39.1 Å². The van der Waals surface area contributed by atoms with Gasteiger partial charge in [0.2, 0.25) is 0 Å². The third-order valence-corrected chi connectivity index (χ3v) is 3.67. The van der Waals surface area contributed by atoms with Gasteiger partial charge in [0, 0.05) is 4.47 Å². The molecule has 2 nitrogen and oxygen atoms in total. The summed E-state index contributed by atoms with van der Waals surface area (Å²) in [6, 6.07) is 7.48. The monoisotopic (exact) mass is 348 g/mol. The molecule has 0 heterocycles. The van der Waals surface area contributed by atoms with Crippen LogP contribution < -0.4 is 11.1 Å². The molecule has 6 heteroatoms. The van der Waals surface area contributed by atoms with Gasteiger partial charge in [-0.3, -0.25) is 0 Å². The number of hydrogen-bond donors (Lipinski definition) is 2. The second kappa shape index (κ2) is 5.34. The van der Waals surface area contributed by atoms with Crippen LogP contribution in [0.25, 0.3) is 0 Å². The highest BCUT2D eigenvalue weighted by Crippen LogP contribution is 2.34. The maximum absolute atomic E-state index is 13.0. The highest BCUT2D eigenvalue weighted by atomic mass is 79.9. The summed E-state index contributed by atoms with van der Waals surface area (Å²) < 4.78 is 13.6. The van der Waals surface area contributed by atoms with Crippen molar-refractivity contribution in [3.05, 3.63) is 50.7 Å². The van der Waals surface area contributed by atoms with Gasteiger partial charge >= 0.3 is 0 Å². The molecule has 0 amide bonds. The lowest BCUT2D eigenvalue weighted by Crippen LogP contribution is -1.97. The molecule has 0 saturated heterocycles. The Hall–Kier alpha value is -0.970. The Bertz CT molecular complexity index is 605. The van der Waals surface area contributed by atoms with Gasteiger partial charge in [-0.2, -0.15) is 0 Å². The second-order valence-corrected chi connectivity index (χ2v) is 5.27. The molecular weight excluding hydrogens is 342 g/mol. The Labute approximate surface area is 122 Å². The normalized spacial score (nSPS) is 10.4. The zero-order valence-electron chi connectivity index (χ0n) is 8.98. The van der Waals surface area contributed by atoms with Gasteiger partial charge in [-0.05, 0) is 46.3 Å². The molecule has 0 radical (unpaired) electrons. The lowest BCUT2D eigenvalue weighted by molar-refractivity contribution is 0.627. The molecule has 0 fully saturated rings. The predicted octanol–water partition coefficient (Wildman–Crippen LogP) is 5.22. The Balaban J connectivity index is 2.37. The number of nitrogens with two attached hydrogens (primary N) is 1. The quantitative estimate of drug-likeness (QED) is 0.729. The molecule has 0 aliphatic heterocycles. The number of hydrogen-bond acceptors (Lipinski definition) is 2.